The molecule has 2 amide bonds. The Bertz CT molecular complexity index is 485. The maximum atomic E-state index is 12.4. The van der Waals surface area contributed by atoms with Crippen molar-refractivity contribution >= 4 is 11.7 Å². The Morgan fingerprint density at radius 2 is 1.73 bits per heavy atom. The lowest BCUT2D eigenvalue weighted by molar-refractivity contribution is 0.143. The molecule has 1 heterocycles. The van der Waals surface area contributed by atoms with E-state index in [1.54, 1.807) is 0 Å². The first-order valence-electron chi connectivity index (χ1n) is 8.32. The van der Waals surface area contributed by atoms with Crippen LogP contribution in [0.15, 0.2) is 18.2 Å². The van der Waals surface area contributed by atoms with E-state index >= 15 is 0 Å². The lowest BCUT2D eigenvalue weighted by Crippen LogP contribution is -2.50. The molecule has 0 saturated carbocycles. The molecular formula is C18H29N3O. The van der Waals surface area contributed by atoms with Gasteiger partial charge in [-0.15, -0.1) is 0 Å². The molecule has 1 aliphatic heterocycles. The Hall–Kier alpha value is -1.55. The molecule has 0 bridgehead atoms. The van der Waals surface area contributed by atoms with E-state index in [1.807, 2.05) is 36.9 Å². The average molecular weight is 303 g/mol. The molecular weight excluding hydrogens is 274 g/mol. The summed E-state index contributed by atoms with van der Waals surface area (Å²) in [5.74, 6) is 0.741. The lowest BCUT2D eigenvalue weighted by Gasteiger charge is -2.35. The number of piperazine rings is 1. The second-order valence-corrected chi connectivity index (χ2v) is 6.71. The highest BCUT2D eigenvalue weighted by Gasteiger charge is 2.21. The number of amides is 2. The standard InChI is InChI=1S/C18H29N3O/c1-14(2)8-9-20-10-12-21(13-11-20)18(22)19-17-15(3)6-5-7-16(17)4/h5-7,14H,8-13H2,1-4H3,(H,19,22). The minimum Gasteiger partial charge on any atom is -0.322 e. The number of aryl methyl sites for hydroxylation is 2. The number of benzene rings is 1. The molecule has 0 radical (unpaired) electrons. The topological polar surface area (TPSA) is 35.6 Å². The molecule has 1 saturated heterocycles. The molecule has 1 aromatic carbocycles. The third-order valence-electron chi connectivity index (χ3n) is 4.40. The van der Waals surface area contributed by atoms with Gasteiger partial charge in [0.2, 0.25) is 0 Å². The highest BCUT2D eigenvalue weighted by Crippen LogP contribution is 2.20. The maximum Gasteiger partial charge on any atom is 0.321 e. The van der Waals surface area contributed by atoms with Crippen LogP contribution in [0.2, 0.25) is 0 Å². The van der Waals surface area contributed by atoms with Crippen LogP contribution < -0.4 is 5.32 Å². The van der Waals surface area contributed by atoms with Crippen molar-refractivity contribution in [2.24, 2.45) is 5.92 Å². The van der Waals surface area contributed by atoms with Crippen molar-refractivity contribution < 1.29 is 4.79 Å². The summed E-state index contributed by atoms with van der Waals surface area (Å²) in [5, 5.41) is 3.08. The number of hydrogen-bond acceptors (Lipinski definition) is 2. The Labute approximate surface area is 134 Å². The molecule has 22 heavy (non-hydrogen) atoms. The van der Waals surface area contributed by atoms with Crippen LogP contribution in [0.4, 0.5) is 10.5 Å². The average Bonchev–Trinajstić information content (AvgIpc) is 2.49. The molecule has 1 N–H and O–H groups in total. The Kier molecular flexibility index (Phi) is 5.83. The van der Waals surface area contributed by atoms with Crippen LogP contribution in [-0.4, -0.2) is 48.6 Å². The van der Waals surface area contributed by atoms with Gasteiger partial charge in [0, 0.05) is 31.9 Å². The van der Waals surface area contributed by atoms with E-state index in [4.69, 9.17) is 0 Å². The SMILES string of the molecule is Cc1cccc(C)c1NC(=O)N1CCN(CCC(C)C)CC1. The third-order valence-corrected chi connectivity index (χ3v) is 4.40. The van der Waals surface area contributed by atoms with Crippen LogP contribution in [0.25, 0.3) is 0 Å². The van der Waals surface area contributed by atoms with E-state index in [0.29, 0.717) is 0 Å². The number of carbonyl (C=O) groups is 1. The molecule has 0 spiro atoms. The normalized spacial score (nSPS) is 16.1. The maximum absolute atomic E-state index is 12.4. The van der Waals surface area contributed by atoms with Gasteiger partial charge in [-0.3, -0.25) is 4.90 Å². The molecule has 0 aromatic heterocycles. The number of nitrogens with zero attached hydrogens (tertiary/aromatic N) is 2. The monoisotopic (exact) mass is 303 g/mol. The molecule has 1 aromatic rings. The number of carbonyl (C=O) groups excluding carboxylic acids is 1. The first kappa shape index (κ1) is 16.8. The summed E-state index contributed by atoms with van der Waals surface area (Å²) in [4.78, 5) is 16.8. The Morgan fingerprint density at radius 3 is 2.27 bits per heavy atom. The van der Waals surface area contributed by atoms with Crippen molar-refractivity contribution in [3.8, 4) is 0 Å². The third kappa shape index (κ3) is 4.47. The molecule has 0 unspecified atom stereocenters. The van der Waals surface area contributed by atoms with Crippen LogP contribution in [-0.2, 0) is 0 Å². The van der Waals surface area contributed by atoms with Gasteiger partial charge < -0.3 is 10.2 Å². The number of hydrogen-bond donors (Lipinski definition) is 1. The molecule has 4 heteroatoms. The van der Waals surface area contributed by atoms with Gasteiger partial charge in [-0.1, -0.05) is 32.0 Å². The fourth-order valence-corrected chi connectivity index (χ4v) is 2.81. The van der Waals surface area contributed by atoms with E-state index < -0.39 is 0 Å². The zero-order chi connectivity index (χ0) is 16.1. The highest BCUT2D eigenvalue weighted by molar-refractivity contribution is 5.91. The molecule has 4 nitrogen and oxygen atoms in total. The van der Waals surface area contributed by atoms with Crippen LogP contribution in [0.5, 0.6) is 0 Å². The van der Waals surface area contributed by atoms with Gasteiger partial charge in [0.25, 0.3) is 0 Å². The van der Waals surface area contributed by atoms with Crippen molar-refractivity contribution in [1.29, 1.82) is 0 Å². The van der Waals surface area contributed by atoms with E-state index in [1.165, 1.54) is 6.42 Å². The lowest BCUT2D eigenvalue weighted by atomic mass is 10.1. The summed E-state index contributed by atoms with van der Waals surface area (Å²) in [5.41, 5.74) is 3.18. The summed E-state index contributed by atoms with van der Waals surface area (Å²) in [6, 6.07) is 6.12. The summed E-state index contributed by atoms with van der Waals surface area (Å²) in [6.45, 7) is 13.3. The van der Waals surface area contributed by atoms with Crippen molar-refractivity contribution in [3.05, 3.63) is 29.3 Å². The van der Waals surface area contributed by atoms with Gasteiger partial charge in [-0.2, -0.15) is 0 Å². The van der Waals surface area contributed by atoms with Gasteiger partial charge in [-0.25, -0.2) is 4.79 Å². The summed E-state index contributed by atoms with van der Waals surface area (Å²) < 4.78 is 0. The number of urea groups is 1. The number of nitrogens with one attached hydrogen (secondary N) is 1. The van der Waals surface area contributed by atoms with Gasteiger partial charge in [0.1, 0.15) is 0 Å². The van der Waals surface area contributed by atoms with E-state index in [2.05, 4.69) is 24.1 Å². The van der Waals surface area contributed by atoms with Crippen LogP contribution in [0.1, 0.15) is 31.4 Å². The van der Waals surface area contributed by atoms with Crippen LogP contribution in [0, 0.1) is 19.8 Å². The first-order valence-corrected chi connectivity index (χ1v) is 8.32. The first-order chi connectivity index (χ1) is 10.5. The minimum absolute atomic E-state index is 0.0286. The van der Waals surface area contributed by atoms with Crippen molar-refractivity contribution in [3.63, 3.8) is 0 Å². The second-order valence-electron chi connectivity index (χ2n) is 6.71. The minimum atomic E-state index is 0.0286. The van der Waals surface area contributed by atoms with Gasteiger partial charge in [0.15, 0.2) is 0 Å². The highest BCUT2D eigenvalue weighted by atomic mass is 16.2. The number of para-hydroxylation sites is 1. The Balaban J connectivity index is 1.85. The predicted molar refractivity (Wildman–Crippen MR) is 92.4 cm³/mol. The predicted octanol–water partition coefficient (Wildman–Crippen LogP) is 3.50. The number of anilines is 1. The van der Waals surface area contributed by atoms with Crippen molar-refractivity contribution in [1.82, 2.24) is 9.80 Å². The fourth-order valence-electron chi connectivity index (χ4n) is 2.81. The van der Waals surface area contributed by atoms with Crippen LogP contribution in [0.3, 0.4) is 0 Å². The largest absolute Gasteiger partial charge is 0.322 e. The summed E-state index contributed by atoms with van der Waals surface area (Å²) in [7, 11) is 0. The molecule has 2 rings (SSSR count). The molecule has 1 aliphatic rings. The van der Waals surface area contributed by atoms with Gasteiger partial charge in [0.05, 0.1) is 0 Å². The smallest absolute Gasteiger partial charge is 0.321 e. The van der Waals surface area contributed by atoms with E-state index in [9.17, 15) is 4.79 Å². The molecule has 0 aliphatic carbocycles. The van der Waals surface area contributed by atoms with E-state index in [-0.39, 0.29) is 6.03 Å². The zero-order valence-electron chi connectivity index (χ0n) is 14.4. The summed E-state index contributed by atoms with van der Waals surface area (Å²) >= 11 is 0. The van der Waals surface area contributed by atoms with Crippen molar-refractivity contribution in [2.75, 3.05) is 38.0 Å². The van der Waals surface area contributed by atoms with Gasteiger partial charge in [-0.05, 0) is 43.9 Å². The molecule has 1 fully saturated rings. The molecule has 122 valence electrons. The Morgan fingerprint density at radius 1 is 1.14 bits per heavy atom. The van der Waals surface area contributed by atoms with Gasteiger partial charge >= 0.3 is 6.03 Å². The zero-order valence-corrected chi connectivity index (χ0v) is 14.4. The van der Waals surface area contributed by atoms with Crippen LogP contribution >= 0.6 is 0 Å². The molecule has 0 atom stereocenters. The quantitative estimate of drug-likeness (QED) is 0.924. The number of rotatable bonds is 4. The second kappa shape index (κ2) is 7.63. The fraction of sp³-hybridized carbons (Fsp3) is 0.611. The summed E-state index contributed by atoms with van der Waals surface area (Å²) in [6.07, 6.45) is 1.23. The van der Waals surface area contributed by atoms with E-state index in [0.717, 1.165) is 55.5 Å². The van der Waals surface area contributed by atoms with Crippen molar-refractivity contribution in [2.45, 2.75) is 34.1 Å².